The molecule has 0 amide bonds. The van der Waals surface area contributed by atoms with E-state index in [-0.39, 0.29) is 5.78 Å². The van der Waals surface area contributed by atoms with Crippen LogP contribution in [0.4, 0.5) is 0 Å². The lowest BCUT2D eigenvalue weighted by Gasteiger charge is -2.08. The molecule has 0 spiro atoms. The second-order valence-corrected chi connectivity index (χ2v) is 5.73. The van der Waals surface area contributed by atoms with Crippen molar-refractivity contribution in [3.8, 4) is 5.75 Å². The molecule has 18 heavy (non-hydrogen) atoms. The smallest absolute Gasteiger partial charge is 0.197 e. The molecule has 0 aromatic heterocycles. The first-order chi connectivity index (χ1) is 8.63. The van der Waals surface area contributed by atoms with Crippen molar-refractivity contribution in [3.05, 3.63) is 61.6 Å². The Kier molecular flexibility index (Phi) is 4.40. The van der Waals surface area contributed by atoms with Gasteiger partial charge in [0.05, 0.1) is 12.7 Å². The van der Waals surface area contributed by atoms with Crippen LogP contribution in [-0.4, -0.2) is 12.9 Å². The fourth-order valence-corrected chi connectivity index (χ4v) is 2.59. The number of ether oxygens (including phenoxy) is 1. The van der Waals surface area contributed by atoms with Gasteiger partial charge >= 0.3 is 0 Å². The SMILES string of the molecule is COc1ccccc1C(=O)c1cc(Br)ccc1I. The van der Waals surface area contributed by atoms with Crippen LogP contribution in [0.25, 0.3) is 0 Å². The summed E-state index contributed by atoms with van der Waals surface area (Å²) in [6, 6.07) is 12.9. The average molecular weight is 417 g/mol. The Balaban J connectivity index is 2.51. The van der Waals surface area contributed by atoms with Crippen molar-refractivity contribution in [3.63, 3.8) is 0 Å². The van der Waals surface area contributed by atoms with Gasteiger partial charge in [0.15, 0.2) is 5.78 Å². The number of para-hydroxylation sites is 1. The number of hydrogen-bond donors (Lipinski definition) is 0. The maximum absolute atomic E-state index is 12.5. The first-order valence-electron chi connectivity index (χ1n) is 5.26. The monoisotopic (exact) mass is 416 g/mol. The summed E-state index contributed by atoms with van der Waals surface area (Å²) in [4.78, 5) is 12.5. The van der Waals surface area contributed by atoms with E-state index < -0.39 is 0 Å². The first kappa shape index (κ1) is 13.5. The molecule has 0 atom stereocenters. The van der Waals surface area contributed by atoms with Gasteiger partial charge in [-0.3, -0.25) is 4.79 Å². The molecule has 0 fully saturated rings. The Morgan fingerprint density at radius 2 is 1.89 bits per heavy atom. The molecular formula is C14H10BrIO2. The summed E-state index contributed by atoms with van der Waals surface area (Å²) in [5.74, 6) is 0.566. The Hall–Kier alpha value is -0.880. The molecule has 0 bridgehead atoms. The van der Waals surface area contributed by atoms with E-state index in [1.54, 1.807) is 19.2 Å². The van der Waals surface area contributed by atoms with Crippen LogP contribution in [0.15, 0.2) is 46.9 Å². The van der Waals surface area contributed by atoms with E-state index in [0.717, 1.165) is 8.04 Å². The van der Waals surface area contributed by atoms with Crippen molar-refractivity contribution < 1.29 is 9.53 Å². The number of methoxy groups -OCH3 is 1. The van der Waals surface area contributed by atoms with E-state index in [0.29, 0.717) is 16.9 Å². The van der Waals surface area contributed by atoms with Crippen molar-refractivity contribution in [1.82, 2.24) is 0 Å². The predicted octanol–water partition coefficient (Wildman–Crippen LogP) is 4.29. The lowest BCUT2D eigenvalue weighted by atomic mass is 10.0. The van der Waals surface area contributed by atoms with Gasteiger partial charge in [0.2, 0.25) is 0 Å². The van der Waals surface area contributed by atoms with Crippen LogP contribution < -0.4 is 4.74 Å². The molecule has 2 aromatic rings. The summed E-state index contributed by atoms with van der Waals surface area (Å²) >= 11 is 5.55. The van der Waals surface area contributed by atoms with Crippen LogP contribution in [0.1, 0.15) is 15.9 Å². The van der Waals surface area contributed by atoms with Crippen LogP contribution in [0.5, 0.6) is 5.75 Å². The van der Waals surface area contributed by atoms with E-state index in [4.69, 9.17) is 4.74 Å². The predicted molar refractivity (Wildman–Crippen MR) is 83.3 cm³/mol. The summed E-state index contributed by atoms with van der Waals surface area (Å²) in [5, 5.41) is 0. The maximum atomic E-state index is 12.5. The molecule has 0 N–H and O–H groups in total. The minimum absolute atomic E-state index is 0.0295. The number of ketones is 1. The zero-order chi connectivity index (χ0) is 13.1. The van der Waals surface area contributed by atoms with Crippen molar-refractivity contribution in [2.75, 3.05) is 7.11 Å². The van der Waals surface area contributed by atoms with Gasteiger partial charge < -0.3 is 4.74 Å². The molecule has 0 saturated heterocycles. The third-order valence-corrected chi connectivity index (χ3v) is 3.96. The zero-order valence-corrected chi connectivity index (χ0v) is 13.4. The van der Waals surface area contributed by atoms with E-state index >= 15 is 0 Å². The van der Waals surface area contributed by atoms with Gasteiger partial charge in [-0.2, -0.15) is 0 Å². The fourth-order valence-electron chi connectivity index (χ4n) is 1.65. The largest absolute Gasteiger partial charge is 0.496 e. The third kappa shape index (κ3) is 2.75. The number of halogens is 2. The second-order valence-electron chi connectivity index (χ2n) is 3.65. The van der Waals surface area contributed by atoms with Crippen LogP contribution in [0, 0.1) is 3.57 Å². The number of carbonyl (C=O) groups is 1. The highest BCUT2D eigenvalue weighted by Gasteiger charge is 2.16. The van der Waals surface area contributed by atoms with Gasteiger partial charge in [0, 0.05) is 13.6 Å². The number of benzene rings is 2. The second kappa shape index (κ2) is 5.84. The van der Waals surface area contributed by atoms with Crippen LogP contribution in [0.3, 0.4) is 0 Å². The topological polar surface area (TPSA) is 26.3 Å². The first-order valence-corrected chi connectivity index (χ1v) is 7.13. The fraction of sp³-hybridized carbons (Fsp3) is 0.0714. The highest BCUT2D eigenvalue weighted by molar-refractivity contribution is 14.1. The lowest BCUT2D eigenvalue weighted by molar-refractivity contribution is 0.103. The summed E-state index contributed by atoms with van der Waals surface area (Å²) < 4.78 is 7.04. The highest BCUT2D eigenvalue weighted by atomic mass is 127. The molecule has 0 aliphatic rings. The maximum Gasteiger partial charge on any atom is 0.197 e. The van der Waals surface area contributed by atoms with Crippen molar-refractivity contribution >= 4 is 44.3 Å². The molecule has 0 unspecified atom stereocenters. The van der Waals surface area contributed by atoms with Gasteiger partial charge in [0.1, 0.15) is 5.75 Å². The van der Waals surface area contributed by atoms with Crippen molar-refractivity contribution in [2.24, 2.45) is 0 Å². The van der Waals surface area contributed by atoms with Crippen LogP contribution in [-0.2, 0) is 0 Å². The summed E-state index contributed by atoms with van der Waals surface area (Å²) in [5.41, 5.74) is 1.26. The molecule has 2 nitrogen and oxygen atoms in total. The highest BCUT2D eigenvalue weighted by Crippen LogP contribution is 2.25. The Labute approximate surface area is 128 Å². The number of rotatable bonds is 3. The zero-order valence-electron chi connectivity index (χ0n) is 9.61. The summed E-state index contributed by atoms with van der Waals surface area (Å²) in [6.45, 7) is 0. The minimum Gasteiger partial charge on any atom is -0.496 e. The third-order valence-electron chi connectivity index (χ3n) is 2.52. The number of hydrogen-bond acceptors (Lipinski definition) is 2. The molecule has 2 aromatic carbocycles. The van der Waals surface area contributed by atoms with Crippen LogP contribution in [0.2, 0.25) is 0 Å². The standard InChI is InChI=1S/C14H10BrIO2/c1-18-13-5-3-2-4-10(13)14(17)11-8-9(15)6-7-12(11)16/h2-8H,1H3. The Morgan fingerprint density at radius 1 is 1.17 bits per heavy atom. The van der Waals surface area contributed by atoms with Gasteiger partial charge in [0.25, 0.3) is 0 Å². The molecule has 2 rings (SSSR count). The molecule has 0 saturated carbocycles. The molecule has 0 heterocycles. The molecule has 0 radical (unpaired) electrons. The molecule has 0 aliphatic carbocycles. The lowest BCUT2D eigenvalue weighted by Crippen LogP contribution is -2.05. The number of carbonyl (C=O) groups excluding carboxylic acids is 1. The normalized spacial score (nSPS) is 10.2. The van der Waals surface area contributed by atoms with E-state index in [2.05, 4.69) is 38.5 Å². The van der Waals surface area contributed by atoms with Crippen molar-refractivity contribution in [1.29, 1.82) is 0 Å². The van der Waals surface area contributed by atoms with E-state index in [9.17, 15) is 4.79 Å². The molecular weight excluding hydrogens is 407 g/mol. The summed E-state index contributed by atoms with van der Waals surface area (Å²) in [6.07, 6.45) is 0. The average Bonchev–Trinajstić information content (AvgIpc) is 2.40. The van der Waals surface area contributed by atoms with Gasteiger partial charge in [-0.05, 0) is 52.9 Å². The van der Waals surface area contributed by atoms with Gasteiger partial charge in [-0.15, -0.1) is 0 Å². The van der Waals surface area contributed by atoms with Crippen molar-refractivity contribution in [2.45, 2.75) is 0 Å². The molecule has 92 valence electrons. The van der Waals surface area contributed by atoms with Gasteiger partial charge in [-0.25, -0.2) is 0 Å². The minimum atomic E-state index is -0.0295. The van der Waals surface area contributed by atoms with E-state index in [1.807, 2.05) is 30.3 Å². The Morgan fingerprint density at radius 3 is 2.61 bits per heavy atom. The summed E-state index contributed by atoms with van der Waals surface area (Å²) in [7, 11) is 1.57. The Bertz CT molecular complexity index is 596. The quantitative estimate of drug-likeness (QED) is 0.551. The van der Waals surface area contributed by atoms with E-state index in [1.165, 1.54) is 0 Å². The van der Waals surface area contributed by atoms with Gasteiger partial charge in [-0.1, -0.05) is 28.1 Å². The molecule has 0 aliphatic heterocycles. The molecule has 4 heteroatoms. The van der Waals surface area contributed by atoms with Crippen LogP contribution >= 0.6 is 38.5 Å².